The second-order valence-electron chi connectivity index (χ2n) is 5.37. The Balaban J connectivity index is 1.99. The minimum atomic E-state index is -0.647. The average Bonchev–Trinajstić information content (AvgIpc) is 2.48. The lowest BCUT2D eigenvalue weighted by molar-refractivity contribution is -0.144. The summed E-state index contributed by atoms with van der Waals surface area (Å²) in [6, 6.07) is 10.3. The molecule has 0 amide bonds. The van der Waals surface area contributed by atoms with Gasteiger partial charge in [0.15, 0.2) is 0 Å². The van der Waals surface area contributed by atoms with Gasteiger partial charge in [-0.25, -0.2) is 0 Å². The van der Waals surface area contributed by atoms with Crippen LogP contribution in [0.3, 0.4) is 0 Å². The second kappa shape index (κ2) is 7.41. The molecule has 110 valence electrons. The quantitative estimate of drug-likeness (QED) is 0.836. The van der Waals surface area contributed by atoms with Crippen molar-refractivity contribution in [2.45, 2.75) is 44.4 Å². The van der Waals surface area contributed by atoms with Gasteiger partial charge in [-0.3, -0.25) is 9.69 Å². The van der Waals surface area contributed by atoms with Gasteiger partial charge in [-0.05, 0) is 24.9 Å². The van der Waals surface area contributed by atoms with Crippen molar-refractivity contribution < 1.29 is 14.6 Å². The predicted molar refractivity (Wildman–Crippen MR) is 77.1 cm³/mol. The molecule has 4 heteroatoms. The number of esters is 1. The Hall–Kier alpha value is -1.39. The molecule has 1 N–H and O–H groups in total. The number of methoxy groups -OCH3 is 1. The van der Waals surface area contributed by atoms with E-state index in [1.165, 1.54) is 12.7 Å². The molecule has 1 fully saturated rings. The first-order chi connectivity index (χ1) is 9.70. The van der Waals surface area contributed by atoms with Crippen molar-refractivity contribution in [2.24, 2.45) is 0 Å². The maximum atomic E-state index is 11.3. The van der Waals surface area contributed by atoms with Crippen molar-refractivity contribution in [3.63, 3.8) is 0 Å². The van der Waals surface area contributed by atoms with Crippen LogP contribution in [0.1, 0.15) is 31.2 Å². The van der Waals surface area contributed by atoms with E-state index in [1.54, 1.807) is 0 Å². The van der Waals surface area contributed by atoms with Crippen LogP contribution in [0.2, 0.25) is 0 Å². The number of piperidine rings is 1. The number of aliphatic hydroxyl groups is 1. The van der Waals surface area contributed by atoms with Gasteiger partial charge in [0.05, 0.1) is 19.6 Å². The molecule has 0 unspecified atom stereocenters. The summed E-state index contributed by atoms with van der Waals surface area (Å²) in [6.45, 7) is 1.79. The fraction of sp³-hybridized carbons (Fsp3) is 0.562. The molecule has 20 heavy (non-hydrogen) atoms. The lowest BCUT2D eigenvalue weighted by atomic mass is 9.95. The Morgan fingerprint density at radius 3 is 2.85 bits per heavy atom. The number of carbonyl (C=O) groups excluding carboxylic acids is 1. The summed E-state index contributed by atoms with van der Waals surface area (Å²) in [5, 5.41) is 10.3. The zero-order valence-corrected chi connectivity index (χ0v) is 12.0. The van der Waals surface area contributed by atoms with Crippen molar-refractivity contribution in [2.75, 3.05) is 13.7 Å². The molecule has 0 spiro atoms. The van der Waals surface area contributed by atoms with Gasteiger partial charge in [-0.2, -0.15) is 0 Å². The van der Waals surface area contributed by atoms with Gasteiger partial charge in [0, 0.05) is 12.6 Å². The Morgan fingerprint density at radius 2 is 2.15 bits per heavy atom. The Labute approximate surface area is 120 Å². The van der Waals surface area contributed by atoms with Crippen LogP contribution in [0.4, 0.5) is 0 Å². The molecule has 0 radical (unpaired) electrons. The van der Waals surface area contributed by atoms with Gasteiger partial charge in [0.2, 0.25) is 0 Å². The molecule has 1 aliphatic heterocycles. The number of nitrogens with zero attached hydrogens (tertiary/aromatic N) is 1. The van der Waals surface area contributed by atoms with E-state index in [4.69, 9.17) is 0 Å². The summed E-state index contributed by atoms with van der Waals surface area (Å²) < 4.78 is 4.65. The highest BCUT2D eigenvalue weighted by molar-refractivity contribution is 5.69. The van der Waals surface area contributed by atoms with E-state index in [1.807, 2.05) is 18.2 Å². The first kappa shape index (κ1) is 15.0. The lowest BCUT2D eigenvalue weighted by Gasteiger charge is -2.38. The third-order valence-corrected chi connectivity index (χ3v) is 3.94. The zero-order valence-electron chi connectivity index (χ0n) is 12.0. The fourth-order valence-corrected chi connectivity index (χ4v) is 2.86. The molecule has 1 aromatic carbocycles. The summed E-state index contributed by atoms with van der Waals surface area (Å²) in [4.78, 5) is 13.6. The van der Waals surface area contributed by atoms with E-state index < -0.39 is 6.10 Å². The van der Waals surface area contributed by atoms with Crippen molar-refractivity contribution in [3.8, 4) is 0 Å². The van der Waals surface area contributed by atoms with Crippen LogP contribution in [0.5, 0.6) is 0 Å². The molecule has 1 heterocycles. The Morgan fingerprint density at radius 1 is 1.40 bits per heavy atom. The van der Waals surface area contributed by atoms with E-state index in [-0.39, 0.29) is 18.4 Å². The predicted octanol–water partition coefficient (Wildman–Crippen LogP) is 1.97. The van der Waals surface area contributed by atoms with Crippen LogP contribution in [0.15, 0.2) is 30.3 Å². The fourth-order valence-electron chi connectivity index (χ4n) is 2.86. The monoisotopic (exact) mass is 277 g/mol. The smallest absolute Gasteiger partial charge is 0.308 e. The molecule has 4 nitrogen and oxygen atoms in total. The maximum Gasteiger partial charge on any atom is 0.308 e. The van der Waals surface area contributed by atoms with Gasteiger partial charge >= 0.3 is 5.97 Å². The molecule has 0 saturated carbocycles. The van der Waals surface area contributed by atoms with Gasteiger partial charge in [-0.1, -0.05) is 36.8 Å². The number of rotatable bonds is 5. The second-order valence-corrected chi connectivity index (χ2v) is 5.37. The van der Waals surface area contributed by atoms with Crippen LogP contribution in [-0.2, 0) is 16.1 Å². The van der Waals surface area contributed by atoms with Crippen LogP contribution >= 0.6 is 0 Å². The van der Waals surface area contributed by atoms with E-state index in [0.29, 0.717) is 0 Å². The molecule has 1 aromatic rings. The van der Waals surface area contributed by atoms with Crippen LogP contribution in [0, 0.1) is 0 Å². The number of hydrogen-bond donors (Lipinski definition) is 1. The topological polar surface area (TPSA) is 49.8 Å². The molecular weight excluding hydrogens is 254 g/mol. The molecule has 2 rings (SSSR count). The highest BCUT2D eigenvalue weighted by Crippen LogP contribution is 2.23. The van der Waals surface area contributed by atoms with E-state index >= 15 is 0 Å². The highest BCUT2D eigenvalue weighted by atomic mass is 16.5. The standard InChI is InChI=1S/C16H23NO3/c1-20-16(19)11-15(18)14-9-5-6-10-17(14)12-13-7-3-2-4-8-13/h2-4,7-8,14-15,18H,5-6,9-12H2,1H3/t14-,15-/m1/s1. The van der Waals surface area contributed by atoms with Crippen LogP contribution in [-0.4, -0.2) is 41.8 Å². The molecule has 1 aliphatic rings. The molecule has 0 aromatic heterocycles. The Kier molecular flexibility index (Phi) is 5.56. The normalized spacial score (nSPS) is 21.4. The van der Waals surface area contributed by atoms with E-state index in [2.05, 4.69) is 21.8 Å². The minimum absolute atomic E-state index is 0.0445. The number of benzene rings is 1. The first-order valence-corrected chi connectivity index (χ1v) is 7.23. The van der Waals surface area contributed by atoms with Crippen LogP contribution < -0.4 is 0 Å². The van der Waals surface area contributed by atoms with Crippen molar-refractivity contribution in [1.82, 2.24) is 4.90 Å². The number of ether oxygens (including phenoxy) is 1. The molecule has 1 saturated heterocycles. The average molecular weight is 277 g/mol. The number of hydrogen-bond acceptors (Lipinski definition) is 4. The van der Waals surface area contributed by atoms with Gasteiger partial charge < -0.3 is 9.84 Å². The summed E-state index contributed by atoms with van der Waals surface area (Å²) in [5.74, 6) is -0.345. The largest absolute Gasteiger partial charge is 0.469 e. The summed E-state index contributed by atoms with van der Waals surface area (Å²) in [5.41, 5.74) is 1.24. The number of carbonyl (C=O) groups is 1. The maximum absolute atomic E-state index is 11.3. The molecule has 2 atom stereocenters. The summed E-state index contributed by atoms with van der Waals surface area (Å²) >= 11 is 0. The van der Waals surface area contributed by atoms with Crippen molar-refractivity contribution >= 4 is 5.97 Å². The SMILES string of the molecule is COC(=O)C[C@@H](O)[C@H]1CCCCN1Cc1ccccc1. The van der Waals surface area contributed by atoms with Crippen molar-refractivity contribution in [3.05, 3.63) is 35.9 Å². The molecule has 0 aliphatic carbocycles. The first-order valence-electron chi connectivity index (χ1n) is 7.23. The third-order valence-electron chi connectivity index (χ3n) is 3.94. The minimum Gasteiger partial charge on any atom is -0.469 e. The van der Waals surface area contributed by atoms with E-state index in [9.17, 15) is 9.90 Å². The van der Waals surface area contributed by atoms with Crippen LogP contribution in [0.25, 0.3) is 0 Å². The van der Waals surface area contributed by atoms with Gasteiger partial charge in [-0.15, -0.1) is 0 Å². The van der Waals surface area contributed by atoms with Gasteiger partial charge in [0.1, 0.15) is 0 Å². The van der Waals surface area contributed by atoms with Gasteiger partial charge in [0.25, 0.3) is 0 Å². The Bertz CT molecular complexity index is 421. The van der Waals surface area contributed by atoms with Crippen molar-refractivity contribution in [1.29, 1.82) is 0 Å². The zero-order chi connectivity index (χ0) is 14.4. The number of likely N-dealkylation sites (tertiary alicyclic amines) is 1. The highest BCUT2D eigenvalue weighted by Gasteiger charge is 2.30. The lowest BCUT2D eigenvalue weighted by Crippen LogP contribution is -2.47. The summed E-state index contributed by atoms with van der Waals surface area (Å²) in [6.07, 6.45) is 2.62. The summed E-state index contributed by atoms with van der Waals surface area (Å²) in [7, 11) is 1.36. The number of aliphatic hydroxyl groups excluding tert-OH is 1. The molecular formula is C16H23NO3. The third kappa shape index (κ3) is 4.05. The molecule has 0 bridgehead atoms. The van der Waals surface area contributed by atoms with E-state index in [0.717, 1.165) is 32.4 Å².